The number of nitrogens with one attached hydrogen (secondary N) is 1. The molecule has 4 N–H and O–H groups in total. The van der Waals surface area contributed by atoms with Crippen LogP contribution >= 0.6 is 0 Å². The van der Waals surface area contributed by atoms with Crippen molar-refractivity contribution in [3.05, 3.63) is 60.7 Å². The predicted octanol–water partition coefficient (Wildman–Crippen LogP) is 3.39. The van der Waals surface area contributed by atoms with Gasteiger partial charge in [-0.1, -0.05) is 55.5 Å². The number of aryl methyl sites for hydroxylation is 1. The third-order valence-electron chi connectivity index (χ3n) is 5.45. The summed E-state index contributed by atoms with van der Waals surface area (Å²) in [6.45, 7) is 8.16. The van der Waals surface area contributed by atoms with E-state index >= 15 is 0 Å². The number of carbonyl (C=O) groups excluding carboxylic acids is 1. The minimum atomic E-state index is -0.507. The van der Waals surface area contributed by atoms with Crippen LogP contribution in [0.3, 0.4) is 0 Å². The van der Waals surface area contributed by atoms with Gasteiger partial charge >= 0.3 is 0 Å². The second-order valence-corrected chi connectivity index (χ2v) is 7.92. The third-order valence-corrected chi connectivity index (χ3v) is 5.45. The number of benzene rings is 1. The number of hydrogen-bond acceptors (Lipinski definition) is 4. The lowest BCUT2D eigenvalue weighted by Gasteiger charge is -2.16. The van der Waals surface area contributed by atoms with Gasteiger partial charge in [0.1, 0.15) is 0 Å². The maximum Gasteiger partial charge on any atom is 0.219 e. The van der Waals surface area contributed by atoms with Gasteiger partial charge in [0.15, 0.2) is 0 Å². The molecule has 1 fully saturated rings. The first kappa shape index (κ1) is 26.1. The van der Waals surface area contributed by atoms with Crippen molar-refractivity contribution in [1.29, 1.82) is 0 Å². The topological polar surface area (TPSA) is 89.8 Å². The highest BCUT2D eigenvalue weighted by Crippen LogP contribution is 2.33. The van der Waals surface area contributed by atoms with Gasteiger partial charge in [0, 0.05) is 25.3 Å². The van der Waals surface area contributed by atoms with Gasteiger partial charge in [-0.2, -0.15) is 0 Å². The van der Waals surface area contributed by atoms with Crippen LogP contribution in [0.1, 0.15) is 51.5 Å². The van der Waals surface area contributed by atoms with Crippen LogP contribution in [0.15, 0.2) is 55.1 Å². The van der Waals surface area contributed by atoms with Crippen LogP contribution in [0.5, 0.6) is 0 Å². The van der Waals surface area contributed by atoms with Gasteiger partial charge in [-0.3, -0.25) is 4.79 Å². The second kappa shape index (κ2) is 14.9. The molecule has 1 aliphatic carbocycles. The van der Waals surface area contributed by atoms with E-state index < -0.39 is 18.3 Å². The van der Waals surface area contributed by atoms with E-state index in [1.165, 1.54) is 5.56 Å². The monoisotopic (exact) mass is 417 g/mol. The van der Waals surface area contributed by atoms with Gasteiger partial charge in [0.25, 0.3) is 0 Å². The van der Waals surface area contributed by atoms with E-state index in [1.54, 1.807) is 6.08 Å². The Morgan fingerprint density at radius 1 is 1.27 bits per heavy atom. The molecule has 1 aromatic carbocycles. The molecular weight excluding hydrogens is 378 g/mol. The molecule has 1 aliphatic rings. The van der Waals surface area contributed by atoms with Crippen molar-refractivity contribution in [2.24, 2.45) is 11.8 Å². The van der Waals surface area contributed by atoms with Crippen LogP contribution in [0.2, 0.25) is 0 Å². The molecule has 0 spiro atoms. The minimum absolute atomic E-state index is 0.0440. The molecule has 0 saturated heterocycles. The van der Waals surface area contributed by atoms with Crippen molar-refractivity contribution >= 4 is 5.91 Å². The lowest BCUT2D eigenvalue weighted by Crippen LogP contribution is -2.21. The van der Waals surface area contributed by atoms with Gasteiger partial charge in [0.2, 0.25) is 5.91 Å². The van der Waals surface area contributed by atoms with Crippen LogP contribution in [0.4, 0.5) is 0 Å². The number of hydrogen-bond donors (Lipinski definition) is 4. The number of aliphatic hydroxyl groups is 3. The highest BCUT2D eigenvalue weighted by atomic mass is 16.3. The van der Waals surface area contributed by atoms with Crippen LogP contribution in [0, 0.1) is 11.8 Å². The van der Waals surface area contributed by atoms with Gasteiger partial charge in [-0.25, -0.2) is 0 Å². The highest BCUT2D eigenvalue weighted by Gasteiger charge is 2.37. The van der Waals surface area contributed by atoms with Gasteiger partial charge in [0.05, 0.1) is 18.3 Å². The van der Waals surface area contributed by atoms with Crippen molar-refractivity contribution in [1.82, 2.24) is 5.32 Å². The molecule has 1 aromatic rings. The number of amides is 1. The Morgan fingerprint density at radius 3 is 2.53 bits per heavy atom. The lowest BCUT2D eigenvalue weighted by molar-refractivity contribution is -0.121. The molecule has 5 atom stereocenters. The first-order valence-electron chi connectivity index (χ1n) is 11.0. The van der Waals surface area contributed by atoms with E-state index in [1.807, 2.05) is 44.2 Å². The molecule has 0 radical (unpaired) electrons. The van der Waals surface area contributed by atoms with Crippen LogP contribution in [0.25, 0.3) is 0 Å². The Labute approximate surface area is 181 Å². The highest BCUT2D eigenvalue weighted by molar-refractivity contribution is 5.75. The van der Waals surface area contributed by atoms with E-state index in [0.717, 1.165) is 25.8 Å². The first-order valence-corrected chi connectivity index (χ1v) is 11.0. The van der Waals surface area contributed by atoms with Crippen molar-refractivity contribution < 1.29 is 20.1 Å². The molecule has 0 aliphatic heterocycles. The average Bonchev–Trinajstić information content (AvgIpc) is 2.98. The SMILES string of the molecule is C=CCCCC(=O)NCC.C[C@@H]1[C@@H](/C=C/[C@@H](O)CCc2ccccc2)[C@H](O)C[C@@H]1O. The number of carbonyl (C=O) groups is 1. The molecule has 168 valence electrons. The maximum atomic E-state index is 10.8. The average molecular weight is 418 g/mol. The molecule has 5 nitrogen and oxygen atoms in total. The summed E-state index contributed by atoms with van der Waals surface area (Å²) in [7, 11) is 0. The molecular formula is C25H39NO4. The quantitative estimate of drug-likeness (QED) is 0.347. The lowest BCUT2D eigenvalue weighted by atomic mass is 9.94. The van der Waals surface area contributed by atoms with Gasteiger partial charge in [-0.05, 0) is 44.1 Å². The summed E-state index contributed by atoms with van der Waals surface area (Å²) in [5.74, 6) is 0.128. The van der Waals surface area contributed by atoms with Crippen LogP contribution < -0.4 is 5.32 Å². The molecule has 0 bridgehead atoms. The molecule has 30 heavy (non-hydrogen) atoms. The first-order chi connectivity index (χ1) is 14.4. The molecule has 1 saturated carbocycles. The molecule has 0 unspecified atom stereocenters. The van der Waals surface area contributed by atoms with Crippen LogP contribution in [-0.4, -0.2) is 46.1 Å². The maximum absolute atomic E-state index is 10.8. The van der Waals surface area contributed by atoms with Crippen molar-refractivity contribution in [3.63, 3.8) is 0 Å². The molecule has 2 rings (SSSR count). The standard InChI is InChI=1S/C17H24O3.C8H15NO/c1-12-15(17(20)11-16(12)19)10-9-14(18)8-7-13-5-3-2-4-6-13;1-3-5-6-7-8(10)9-4-2/h2-6,9-10,12,14-20H,7-8,11H2,1H3;3H,1,4-7H2,2H3,(H,9,10)/b10-9+;/t12-,14+,15-,16+,17-;/m1./s1. The zero-order valence-electron chi connectivity index (χ0n) is 18.4. The van der Waals surface area contributed by atoms with Gasteiger partial charge in [-0.15, -0.1) is 6.58 Å². The van der Waals surface area contributed by atoms with E-state index in [0.29, 0.717) is 19.3 Å². The Hall–Kier alpha value is -1.95. The number of allylic oxidation sites excluding steroid dienone is 1. The minimum Gasteiger partial charge on any atom is -0.393 e. The number of unbranched alkanes of at least 4 members (excludes halogenated alkanes) is 1. The fourth-order valence-corrected chi connectivity index (χ4v) is 3.53. The number of aliphatic hydroxyl groups excluding tert-OH is 3. The summed E-state index contributed by atoms with van der Waals surface area (Å²) in [6, 6.07) is 10.1. The van der Waals surface area contributed by atoms with Crippen LogP contribution in [-0.2, 0) is 11.2 Å². The Morgan fingerprint density at radius 2 is 1.97 bits per heavy atom. The van der Waals surface area contributed by atoms with E-state index in [-0.39, 0.29) is 17.7 Å². The summed E-state index contributed by atoms with van der Waals surface area (Å²) in [6.07, 6.45) is 8.39. The second-order valence-electron chi connectivity index (χ2n) is 7.92. The van der Waals surface area contributed by atoms with Gasteiger partial charge < -0.3 is 20.6 Å². The zero-order valence-corrected chi connectivity index (χ0v) is 18.4. The fraction of sp³-hybridized carbons (Fsp3) is 0.560. The van der Waals surface area contributed by atoms with Crippen molar-refractivity contribution in [2.45, 2.75) is 70.7 Å². The van der Waals surface area contributed by atoms with E-state index in [9.17, 15) is 20.1 Å². The Balaban J connectivity index is 0.000000382. The molecule has 0 aromatic heterocycles. The number of rotatable bonds is 10. The normalized spacial score (nSPS) is 24.2. The Kier molecular flexibility index (Phi) is 13.0. The summed E-state index contributed by atoms with van der Waals surface area (Å²) in [4.78, 5) is 10.8. The van der Waals surface area contributed by atoms with E-state index in [2.05, 4.69) is 24.0 Å². The zero-order chi connectivity index (χ0) is 22.4. The molecule has 0 heterocycles. The Bertz CT molecular complexity index is 631. The summed E-state index contributed by atoms with van der Waals surface area (Å²) in [5.41, 5.74) is 1.21. The summed E-state index contributed by atoms with van der Waals surface area (Å²) < 4.78 is 0. The van der Waals surface area contributed by atoms with Crippen molar-refractivity contribution in [2.75, 3.05) is 6.54 Å². The van der Waals surface area contributed by atoms with Crippen molar-refractivity contribution in [3.8, 4) is 0 Å². The smallest absolute Gasteiger partial charge is 0.219 e. The fourth-order valence-electron chi connectivity index (χ4n) is 3.53. The van der Waals surface area contributed by atoms with E-state index in [4.69, 9.17) is 0 Å². The molecule has 1 amide bonds. The summed E-state index contributed by atoms with van der Waals surface area (Å²) in [5, 5.41) is 32.3. The summed E-state index contributed by atoms with van der Waals surface area (Å²) >= 11 is 0. The largest absolute Gasteiger partial charge is 0.393 e. The third kappa shape index (κ3) is 10.2. The predicted molar refractivity (Wildman–Crippen MR) is 122 cm³/mol. The molecule has 5 heteroatoms.